The molecule has 2 heterocycles. The van der Waals surface area contributed by atoms with E-state index in [0.29, 0.717) is 6.04 Å². The topological polar surface area (TPSA) is 28.5 Å². The highest BCUT2D eigenvalue weighted by Crippen LogP contribution is 2.31. The van der Waals surface area contributed by atoms with Gasteiger partial charge in [0, 0.05) is 24.5 Å². The standard InChI is InChI=1S/C13H17N3S/c1-2-7-14-11(4-1)10-16(12-5-6-12)13-15-8-3-9-17-13/h1-2,4,7,12H,3,5-6,8-10H2. The van der Waals surface area contributed by atoms with Gasteiger partial charge in [-0.1, -0.05) is 17.8 Å². The summed E-state index contributed by atoms with van der Waals surface area (Å²) in [5, 5.41) is 1.24. The molecular weight excluding hydrogens is 230 g/mol. The number of hydrogen-bond acceptors (Lipinski definition) is 4. The molecule has 0 atom stereocenters. The van der Waals surface area contributed by atoms with Crippen molar-refractivity contribution in [1.29, 1.82) is 0 Å². The zero-order valence-corrected chi connectivity index (χ0v) is 10.7. The van der Waals surface area contributed by atoms with Crippen LogP contribution in [0.15, 0.2) is 29.4 Å². The SMILES string of the molecule is c1ccc(CN(C2=NCCCS2)C2CC2)nc1. The van der Waals surface area contributed by atoms with Gasteiger partial charge in [-0.3, -0.25) is 9.98 Å². The number of nitrogens with zero attached hydrogens (tertiary/aromatic N) is 3. The Kier molecular flexibility index (Phi) is 3.31. The first-order valence-electron chi connectivity index (χ1n) is 6.27. The number of rotatable bonds is 3. The summed E-state index contributed by atoms with van der Waals surface area (Å²) in [4.78, 5) is 11.5. The van der Waals surface area contributed by atoms with Gasteiger partial charge in [0.1, 0.15) is 0 Å². The van der Waals surface area contributed by atoms with Gasteiger partial charge in [-0.25, -0.2) is 0 Å². The Bertz CT molecular complexity index is 400. The first-order chi connectivity index (χ1) is 8.43. The number of aromatic nitrogens is 1. The molecular formula is C13H17N3S. The van der Waals surface area contributed by atoms with Crippen molar-refractivity contribution < 1.29 is 0 Å². The Labute approximate surface area is 106 Å². The van der Waals surface area contributed by atoms with Gasteiger partial charge in [0.25, 0.3) is 0 Å². The minimum Gasteiger partial charge on any atom is -0.343 e. The fraction of sp³-hybridized carbons (Fsp3) is 0.538. The molecule has 1 aromatic heterocycles. The molecule has 1 fully saturated rings. The minimum atomic E-state index is 0.710. The summed E-state index contributed by atoms with van der Waals surface area (Å²) in [7, 11) is 0. The summed E-state index contributed by atoms with van der Waals surface area (Å²) in [5.74, 6) is 1.21. The van der Waals surface area contributed by atoms with Crippen LogP contribution in [0.3, 0.4) is 0 Å². The average Bonchev–Trinajstić information content (AvgIpc) is 3.23. The lowest BCUT2D eigenvalue weighted by atomic mass is 10.3. The lowest BCUT2D eigenvalue weighted by Crippen LogP contribution is -2.32. The van der Waals surface area contributed by atoms with E-state index >= 15 is 0 Å². The van der Waals surface area contributed by atoms with Gasteiger partial charge in [0.05, 0.1) is 12.2 Å². The highest BCUT2D eigenvalue weighted by molar-refractivity contribution is 8.13. The third kappa shape index (κ3) is 2.80. The second-order valence-electron chi connectivity index (χ2n) is 4.55. The van der Waals surface area contributed by atoms with Crippen LogP contribution < -0.4 is 0 Å². The third-order valence-corrected chi connectivity index (χ3v) is 4.19. The van der Waals surface area contributed by atoms with Crippen molar-refractivity contribution in [2.75, 3.05) is 12.3 Å². The largest absolute Gasteiger partial charge is 0.343 e. The van der Waals surface area contributed by atoms with E-state index in [-0.39, 0.29) is 0 Å². The summed E-state index contributed by atoms with van der Waals surface area (Å²) in [6, 6.07) is 6.84. The van der Waals surface area contributed by atoms with Gasteiger partial charge in [0.15, 0.2) is 5.17 Å². The molecule has 90 valence electrons. The molecule has 1 aromatic rings. The molecule has 0 spiro atoms. The van der Waals surface area contributed by atoms with Gasteiger partial charge in [-0.05, 0) is 31.4 Å². The Morgan fingerprint density at radius 3 is 2.94 bits per heavy atom. The lowest BCUT2D eigenvalue weighted by molar-refractivity contribution is 0.403. The molecule has 2 aliphatic rings. The molecule has 0 N–H and O–H groups in total. The van der Waals surface area contributed by atoms with Crippen molar-refractivity contribution in [2.24, 2.45) is 4.99 Å². The van der Waals surface area contributed by atoms with Gasteiger partial charge in [-0.2, -0.15) is 0 Å². The molecule has 0 bridgehead atoms. The molecule has 1 aliphatic heterocycles. The van der Waals surface area contributed by atoms with Crippen molar-refractivity contribution in [1.82, 2.24) is 9.88 Å². The van der Waals surface area contributed by atoms with Crippen LogP contribution in [0.25, 0.3) is 0 Å². The zero-order valence-electron chi connectivity index (χ0n) is 9.88. The maximum atomic E-state index is 4.66. The Morgan fingerprint density at radius 2 is 2.29 bits per heavy atom. The summed E-state index contributed by atoms with van der Waals surface area (Å²) in [6.45, 7) is 1.91. The average molecular weight is 247 g/mol. The molecule has 3 rings (SSSR count). The van der Waals surface area contributed by atoms with E-state index in [1.807, 2.05) is 24.0 Å². The third-order valence-electron chi connectivity index (χ3n) is 3.07. The van der Waals surface area contributed by atoms with E-state index in [1.165, 1.54) is 30.2 Å². The number of amidine groups is 1. The predicted octanol–water partition coefficient (Wildman–Crippen LogP) is 2.54. The van der Waals surface area contributed by atoms with Gasteiger partial charge < -0.3 is 4.90 Å². The maximum Gasteiger partial charge on any atom is 0.159 e. The molecule has 0 unspecified atom stereocenters. The summed E-state index contributed by atoms with van der Waals surface area (Å²) in [6.07, 6.45) is 5.71. The normalized spacial score (nSPS) is 19.9. The molecule has 0 radical (unpaired) electrons. The summed E-state index contributed by atoms with van der Waals surface area (Å²) in [5.41, 5.74) is 1.15. The minimum absolute atomic E-state index is 0.710. The molecule has 0 saturated heterocycles. The van der Waals surface area contributed by atoms with Crippen LogP contribution in [0.5, 0.6) is 0 Å². The van der Waals surface area contributed by atoms with Crippen LogP contribution in [0.1, 0.15) is 25.0 Å². The van der Waals surface area contributed by atoms with E-state index in [1.54, 1.807) is 0 Å². The highest BCUT2D eigenvalue weighted by atomic mass is 32.2. The maximum absolute atomic E-state index is 4.66. The number of thioether (sulfide) groups is 1. The quantitative estimate of drug-likeness (QED) is 0.822. The van der Waals surface area contributed by atoms with E-state index in [2.05, 4.69) is 27.0 Å². The highest BCUT2D eigenvalue weighted by Gasteiger charge is 2.32. The molecule has 3 nitrogen and oxygen atoms in total. The lowest BCUT2D eigenvalue weighted by Gasteiger charge is -2.27. The van der Waals surface area contributed by atoms with Crippen molar-refractivity contribution in [2.45, 2.75) is 31.8 Å². The molecule has 0 aromatic carbocycles. The Hall–Kier alpha value is -1.03. The fourth-order valence-electron chi connectivity index (χ4n) is 2.03. The Morgan fingerprint density at radius 1 is 1.35 bits per heavy atom. The van der Waals surface area contributed by atoms with E-state index < -0.39 is 0 Å². The molecule has 1 aliphatic carbocycles. The van der Waals surface area contributed by atoms with Crippen molar-refractivity contribution in [3.8, 4) is 0 Å². The van der Waals surface area contributed by atoms with Crippen LogP contribution in [-0.4, -0.2) is 33.4 Å². The van der Waals surface area contributed by atoms with E-state index in [9.17, 15) is 0 Å². The number of hydrogen-bond donors (Lipinski definition) is 0. The molecule has 4 heteroatoms. The zero-order chi connectivity index (χ0) is 11.5. The van der Waals surface area contributed by atoms with Crippen molar-refractivity contribution >= 4 is 16.9 Å². The van der Waals surface area contributed by atoms with Crippen LogP contribution >= 0.6 is 11.8 Å². The Balaban J connectivity index is 1.74. The van der Waals surface area contributed by atoms with E-state index in [0.717, 1.165) is 18.8 Å². The second kappa shape index (κ2) is 5.08. The number of aliphatic imine (C=N–C) groups is 1. The first-order valence-corrected chi connectivity index (χ1v) is 7.26. The summed E-state index contributed by atoms with van der Waals surface area (Å²) >= 11 is 1.91. The van der Waals surface area contributed by atoms with Crippen LogP contribution in [0, 0.1) is 0 Å². The number of pyridine rings is 1. The van der Waals surface area contributed by atoms with E-state index in [4.69, 9.17) is 0 Å². The molecule has 0 amide bonds. The second-order valence-corrected chi connectivity index (χ2v) is 5.61. The molecule has 17 heavy (non-hydrogen) atoms. The monoisotopic (exact) mass is 247 g/mol. The smallest absolute Gasteiger partial charge is 0.159 e. The molecule has 1 saturated carbocycles. The van der Waals surface area contributed by atoms with Crippen LogP contribution in [0.2, 0.25) is 0 Å². The van der Waals surface area contributed by atoms with Gasteiger partial charge in [0.2, 0.25) is 0 Å². The van der Waals surface area contributed by atoms with Crippen molar-refractivity contribution in [3.05, 3.63) is 30.1 Å². The van der Waals surface area contributed by atoms with Crippen LogP contribution in [0.4, 0.5) is 0 Å². The first kappa shape index (κ1) is 11.1. The van der Waals surface area contributed by atoms with Crippen molar-refractivity contribution in [3.63, 3.8) is 0 Å². The van der Waals surface area contributed by atoms with Gasteiger partial charge in [-0.15, -0.1) is 0 Å². The van der Waals surface area contributed by atoms with Gasteiger partial charge >= 0.3 is 0 Å². The van der Waals surface area contributed by atoms with Crippen LogP contribution in [-0.2, 0) is 6.54 Å². The summed E-state index contributed by atoms with van der Waals surface area (Å²) < 4.78 is 0. The predicted molar refractivity (Wildman–Crippen MR) is 72.2 cm³/mol. The fourth-order valence-corrected chi connectivity index (χ4v) is 3.05.